The van der Waals surface area contributed by atoms with Crippen LogP contribution in [0, 0.1) is 0 Å². The molecular weight excluding hydrogens is 310 g/mol. The van der Waals surface area contributed by atoms with Gasteiger partial charge in [0, 0.05) is 5.02 Å². The lowest BCUT2D eigenvalue weighted by molar-refractivity contribution is -0.123. The third kappa shape index (κ3) is 5.00. The van der Waals surface area contributed by atoms with Crippen LogP contribution in [0.25, 0.3) is 0 Å². The number of benzene rings is 2. The summed E-state index contributed by atoms with van der Waals surface area (Å²) < 4.78 is 5.68. The van der Waals surface area contributed by atoms with Gasteiger partial charge in [0.25, 0.3) is 5.91 Å². The van der Waals surface area contributed by atoms with Crippen LogP contribution in [0.4, 0.5) is 0 Å². The van der Waals surface area contributed by atoms with Gasteiger partial charge in [-0.25, -0.2) is 0 Å². The summed E-state index contributed by atoms with van der Waals surface area (Å²) in [5.74, 6) is 0.963. The Bertz CT molecular complexity index is 653. The van der Waals surface area contributed by atoms with E-state index < -0.39 is 0 Å². The SMILES string of the molecule is CC(C)c1ccccc1OCC(=O)N[C@@H](C)c1ccc(Cl)cc1. The maximum atomic E-state index is 12.1. The fraction of sp³-hybridized carbons (Fsp3) is 0.316. The van der Waals surface area contributed by atoms with Crippen molar-refractivity contribution < 1.29 is 9.53 Å². The van der Waals surface area contributed by atoms with Gasteiger partial charge in [0.1, 0.15) is 5.75 Å². The topological polar surface area (TPSA) is 38.3 Å². The van der Waals surface area contributed by atoms with Gasteiger partial charge in [-0.05, 0) is 42.2 Å². The Labute approximate surface area is 142 Å². The summed E-state index contributed by atoms with van der Waals surface area (Å²) in [4.78, 5) is 12.1. The second kappa shape index (κ2) is 8.02. The number of carbonyl (C=O) groups excluding carboxylic acids is 1. The number of ether oxygens (including phenoxy) is 1. The quantitative estimate of drug-likeness (QED) is 0.831. The van der Waals surface area contributed by atoms with Crippen molar-refractivity contribution >= 4 is 17.5 Å². The molecule has 0 aromatic heterocycles. The molecule has 0 fully saturated rings. The molecule has 1 amide bonds. The van der Waals surface area contributed by atoms with Crippen LogP contribution in [-0.4, -0.2) is 12.5 Å². The average molecular weight is 332 g/mol. The van der Waals surface area contributed by atoms with Crippen molar-refractivity contribution in [3.8, 4) is 5.75 Å². The molecule has 0 aliphatic heterocycles. The van der Waals surface area contributed by atoms with E-state index >= 15 is 0 Å². The molecular formula is C19H22ClNO2. The first-order chi connectivity index (χ1) is 11.0. The van der Waals surface area contributed by atoms with Gasteiger partial charge in [-0.1, -0.05) is 55.8 Å². The van der Waals surface area contributed by atoms with Gasteiger partial charge >= 0.3 is 0 Å². The van der Waals surface area contributed by atoms with Gasteiger partial charge in [-0.3, -0.25) is 4.79 Å². The predicted octanol–water partition coefficient (Wildman–Crippen LogP) is 4.72. The number of rotatable bonds is 6. The standard InChI is InChI=1S/C19H22ClNO2/c1-13(2)17-6-4-5-7-18(17)23-12-19(22)21-14(3)15-8-10-16(20)11-9-15/h4-11,13-14H,12H2,1-3H3,(H,21,22)/t14-/m0/s1. The van der Waals surface area contributed by atoms with E-state index in [0.29, 0.717) is 10.9 Å². The zero-order valence-electron chi connectivity index (χ0n) is 13.7. The van der Waals surface area contributed by atoms with Crippen LogP contribution in [0.1, 0.15) is 43.9 Å². The molecule has 0 radical (unpaired) electrons. The number of halogens is 1. The monoisotopic (exact) mass is 331 g/mol. The highest BCUT2D eigenvalue weighted by molar-refractivity contribution is 6.30. The van der Waals surface area contributed by atoms with Crippen molar-refractivity contribution in [1.82, 2.24) is 5.32 Å². The van der Waals surface area contributed by atoms with Gasteiger partial charge in [0.15, 0.2) is 6.61 Å². The third-order valence-electron chi connectivity index (χ3n) is 3.65. The van der Waals surface area contributed by atoms with Gasteiger partial charge in [0.2, 0.25) is 0 Å². The molecule has 0 aliphatic rings. The molecule has 0 saturated heterocycles. The lowest BCUT2D eigenvalue weighted by Gasteiger charge is -2.16. The normalized spacial score (nSPS) is 12.0. The molecule has 2 aromatic carbocycles. The molecule has 1 N–H and O–H groups in total. The Hall–Kier alpha value is -2.00. The number of carbonyl (C=O) groups is 1. The second-order valence-electron chi connectivity index (χ2n) is 5.82. The maximum absolute atomic E-state index is 12.1. The molecule has 2 aromatic rings. The van der Waals surface area contributed by atoms with E-state index in [0.717, 1.165) is 16.9 Å². The van der Waals surface area contributed by atoms with Crippen LogP contribution in [0.5, 0.6) is 5.75 Å². The van der Waals surface area contributed by atoms with Crippen LogP contribution >= 0.6 is 11.6 Å². The minimum atomic E-state index is -0.147. The molecule has 2 rings (SSSR count). The zero-order valence-corrected chi connectivity index (χ0v) is 14.4. The summed E-state index contributed by atoms with van der Waals surface area (Å²) in [5, 5.41) is 3.61. The molecule has 23 heavy (non-hydrogen) atoms. The van der Waals surface area contributed by atoms with E-state index in [1.165, 1.54) is 0 Å². The fourth-order valence-corrected chi connectivity index (χ4v) is 2.48. The average Bonchev–Trinajstić information content (AvgIpc) is 2.53. The summed E-state index contributed by atoms with van der Waals surface area (Å²) in [5.41, 5.74) is 2.11. The van der Waals surface area contributed by atoms with E-state index in [1.54, 1.807) is 0 Å². The van der Waals surface area contributed by atoms with E-state index in [9.17, 15) is 4.79 Å². The summed E-state index contributed by atoms with van der Waals surface area (Å²) in [6.45, 7) is 6.14. The molecule has 3 nitrogen and oxygen atoms in total. The van der Waals surface area contributed by atoms with Gasteiger partial charge < -0.3 is 10.1 Å². The Morgan fingerprint density at radius 3 is 2.39 bits per heavy atom. The Kier molecular flexibility index (Phi) is 6.05. The molecule has 0 bridgehead atoms. The second-order valence-corrected chi connectivity index (χ2v) is 6.26. The first-order valence-electron chi connectivity index (χ1n) is 7.74. The highest BCUT2D eigenvalue weighted by atomic mass is 35.5. The highest BCUT2D eigenvalue weighted by Crippen LogP contribution is 2.25. The van der Waals surface area contributed by atoms with Crippen LogP contribution in [-0.2, 0) is 4.79 Å². The van der Waals surface area contributed by atoms with Crippen molar-refractivity contribution in [2.24, 2.45) is 0 Å². The summed E-state index contributed by atoms with van der Waals surface area (Å²) in [7, 11) is 0. The van der Waals surface area contributed by atoms with E-state index in [4.69, 9.17) is 16.3 Å². The van der Waals surface area contributed by atoms with Crippen molar-refractivity contribution in [3.05, 3.63) is 64.7 Å². The number of hydrogen-bond donors (Lipinski definition) is 1. The summed E-state index contributed by atoms with van der Waals surface area (Å²) in [6.07, 6.45) is 0. The van der Waals surface area contributed by atoms with Crippen molar-refractivity contribution in [3.63, 3.8) is 0 Å². The molecule has 122 valence electrons. The zero-order chi connectivity index (χ0) is 16.8. The molecule has 4 heteroatoms. The summed E-state index contributed by atoms with van der Waals surface area (Å²) in [6, 6.07) is 15.2. The van der Waals surface area contributed by atoms with Crippen molar-refractivity contribution in [2.45, 2.75) is 32.7 Å². The smallest absolute Gasteiger partial charge is 0.258 e. The van der Waals surface area contributed by atoms with E-state index in [-0.39, 0.29) is 18.6 Å². The Morgan fingerprint density at radius 2 is 1.74 bits per heavy atom. The van der Waals surface area contributed by atoms with Crippen LogP contribution < -0.4 is 10.1 Å². The molecule has 0 unspecified atom stereocenters. The van der Waals surface area contributed by atoms with E-state index in [2.05, 4.69) is 19.2 Å². The van der Waals surface area contributed by atoms with Crippen molar-refractivity contribution in [1.29, 1.82) is 0 Å². The predicted molar refractivity (Wildman–Crippen MR) is 94.0 cm³/mol. The maximum Gasteiger partial charge on any atom is 0.258 e. The molecule has 0 heterocycles. The number of hydrogen-bond acceptors (Lipinski definition) is 2. The first-order valence-corrected chi connectivity index (χ1v) is 8.11. The Morgan fingerprint density at radius 1 is 1.09 bits per heavy atom. The molecule has 0 saturated carbocycles. The molecule has 0 spiro atoms. The van der Waals surface area contributed by atoms with Crippen LogP contribution in [0.3, 0.4) is 0 Å². The number of amides is 1. The minimum Gasteiger partial charge on any atom is -0.483 e. The van der Waals surface area contributed by atoms with E-state index in [1.807, 2.05) is 55.5 Å². The highest BCUT2D eigenvalue weighted by Gasteiger charge is 2.12. The first kappa shape index (κ1) is 17.4. The van der Waals surface area contributed by atoms with Gasteiger partial charge in [-0.15, -0.1) is 0 Å². The van der Waals surface area contributed by atoms with Crippen LogP contribution in [0.2, 0.25) is 5.02 Å². The summed E-state index contributed by atoms with van der Waals surface area (Å²) >= 11 is 5.87. The lowest BCUT2D eigenvalue weighted by atomic mass is 10.0. The largest absolute Gasteiger partial charge is 0.483 e. The molecule has 0 aliphatic carbocycles. The fourth-order valence-electron chi connectivity index (χ4n) is 2.35. The number of para-hydroxylation sites is 1. The lowest BCUT2D eigenvalue weighted by Crippen LogP contribution is -2.31. The number of nitrogens with one attached hydrogen (secondary N) is 1. The van der Waals surface area contributed by atoms with Gasteiger partial charge in [0.05, 0.1) is 6.04 Å². The van der Waals surface area contributed by atoms with Gasteiger partial charge in [-0.2, -0.15) is 0 Å². The molecule has 1 atom stereocenters. The van der Waals surface area contributed by atoms with Crippen molar-refractivity contribution in [2.75, 3.05) is 6.61 Å². The van der Waals surface area contributed by atoms with Crippen LogP contribution in [0.15, 0.2) is 48.5 Å². The third-order valence-corrected chi connectivity index (χ3v) is 3.90. The Balaban J connectivity index is 1.91. The minimum absolute atomic E-state index is 0.00165.